The molecule has 1 unspecified atom stereocenters. The van der Waals surface area contributed by atoms with Crippen molar-refractivity contribution in [2.45, 2.75) is 32.9 Å². The third kappa shape index (κ3) is 5.35. The second-order valence-electron chi connectivity index (χ2n) is 6.90. The van der Waals surface area contributed by atoms with Crippen molar-refractivity contribution in [3.05, 3.63) is 51.9 Å². The van der Waals surface area contributed by atoms with Crippen LogP contribution in [0.1, 0.15) is 23.3 Å². The normalized spacial score (nSPS) is 18.4. The SMILES string of the molecule is Cc1cc(C)cc(OCC(=O)N(Cc2ccc(Br)o2)C2CCS(=O)(=O)C2)c1. The van der Waals surface area contributed by atoms with Gasteiger partial charge in [-0.15, -0.1) is 0 Å². The van der Waals surface area contributed by atoms with Gasteiger partial charge in [-0.2, -0.15) is 0 Å². The number of aryl methyl sites for hydroxylation is 2. The second-order valence-corrected chi connectivity index (χ2v) is 9.91. The molecule has 1 aromatic heterocycles. The number of sulfone groups is 1. The van der Waals surface area contributed by atoms with E-state index in [1.54, 1.807) is 17.0 Å². The topological polar surface area (TPSA) is 76.8 Å². The van der Waals surface area contributed by atoms with E-state index in [4.69, 9.17) is 9.15 Å². The van der Waals surface area contributed by atoms with Crippen LogP contribution in [-0.2, 0) is 21.2 Å². The summed E-state index contributed by atoms with van der Waals surface area (Å²) in [6, 6.07) is 8.91. The zero-order chi connectivity index (χ0) is 19.6. The first-order chi connectivity index (χ1) is 12.7. The van der Waals surface area contributed by atoms with Crippen LogP contribution in [0.15, 0.2) is 39.4 Å². The van der Waals surface area contributed by atoms with E-state index in [-0.39, 0.29) is 36.6 Å². The predicted octanol–water partition coefficient (Wildman–Crippen LogP) is 3.25. The Bertz CT molecular complexity index is 917. The van der Waals surface area contributed by atoms with Crippen LogP contribution in [-0.4, -0.2) is 43.4 Å². The number of benzene rings is 1. The van der Waals surface area contributed by atoms with Crippen molar-refractivity contribution in [2.24, 2.45) is 0 Å². The first-order valence-electron chi connectivity index (χ1n) is 8.67. The second kappa shape index (κ2) is 8.06. The Morgan fingerprint density at radius 2 is 1.96 bits per heavy atom. The van der Waals surface area contributed by atoms with Crippen LogP contribution in [0, 0.1) is 13.8 Å². The lowest BCUT2D eigenvalue weighted by Gasteiger charge is -2.27. The van der Waals surface area contributed by atoms with Gasteiger partial charge in [0.25, 0.3) is 5.91 Å². The van der Waals surface area contributed by atoms with E-state index in [1.807, 2.05) is 32.0 Å². The molecule has 27 heavy (non-hydrogen) atoms. The van der Waals surface area contributed by atoms with Gasteiger partial charge in [-0.25, -0.2) is 8.42 Å². The van der Waals surface area contributed by atoms with Gasteiger partial charge in [0.2, 0.25) is 0 Å². The van der Waals surface area contributed by atoms with Gasteiger partial charge in [-0.05, 0) is 71.6 Å². The van der Waals surface area contributed by atoms with E-state index < -0.39 is 9.84 Å². The molecule has 2 heterocycles. The van der Waals surface area contributed by atoms with Gasteiger partial charge in [0.05, 0.1) is 18.1 Å². The van der Waals surface area contributed by atoms with Crippen molar-refractivity contribution in [1.82, 2.24) is 4.90 Å². The highest BCUT2D eigenvalue weighted by Crippen LogP contribution is 2.23. The minimum Gasteiger partial charge on any atom is -0.484 e. The van der Waals surface area contributed by atoms with E-state index in [0.29, 0.717) is 22.6 Å². The van der Waals surface area contributed by atoms with Crippen molar-refractivity contribution in [1.29, 1.82) is 0 Å². The van der Waals surface area contributed by atoms with Crippen LogP contribution < -0.4 is 4.74 Å². The highest BCUT2D eigenvalue weighted by atomic mass is 79.9. The van der Waals surface area contributed by atoms with Gasteiger partial charge in [0.15, 0.2) is 21.1 Å². The molecule has 146 valence electrons. The standard InChI is InChI=1S/C19H22BrNO5S/c1-13-7-14(2)9-17(8-13)25-11-19(22)21(10-16-3-4-18(20)26-16)15-5-6-27(23,24)12-15/h3-4,7-9,15H,5-6,10-12H2,1-2H3. The van der Waals surface area contributed by atoms with E-state index in [0.717, 1.165) is 11.1 Å². The number of carbonyl (C=O) groups is 1. The Labute approximate surface area is 167 Å². The zero-order valence-corrected chi connectivity index (χ0v) is 17.7. The largest absolute Gasteiger partial charge is 0.484 e. The number of hydrogen-bond donors (Lipinski definition) is 0. The number of hydrogen-bond acceptors (Lipinski definition) is 5. The van der Waals surface area contributed by atoms with Crippen LogP contribution in [0.3, 0.4) is 0 Å². The summed E-state index contributed by atoms with van der Waals surface area (Å²) in [5.74, 6) is 1.03. The van der Waals surface area contributed by atoms with Gasteiger partial charge in [-0.3, -0.25) is 4.79 Å². The molecule has 0 radical (unpaired) electrons. The monoisotopic (exact) mass is 455 g/mol. The molecule has 0 aliphatic carbocycles. The average Bonchev–Trinajstić information content (AvgIpc) is 3.14. The molecule has 1 amide bonds. The molecule has 6 nitrogen and oxygen atoms in total. The highest BCUT2D eigenvalue weighted by Gasteiger charge is 2.35. The molecule has 0 spiro atoms. The van der Waals surface area contributed by atoms with E-state index >= 15 is 0 Å². The predicted molar refractivity (Wildman–Crippen MR) is 105 cm³/mol. The molecular weight excluding hydrogens is 434 g/mol. The molecule has 2 aromatic rings. The van der Waals surface area contributed by atoms with E-state index in [1.165, 1.54) is 0 Å². The molecule has 0 N–H and O–H groups in total. The lowest BCUT2D eigenvalue weighted by Crippen LogP contribution is -2.43. The summed E-state index contributed by atoms with van der Waals surface area (Å²) in [5, 5.41) is 0. The summed E-state index contributed by atoms with van der Waals surface area (Å²) < 4.78 is 35.5. The maximum absolute atomic E-state index is 12.8. The minimum absolute atomic E-state index is 0.0236. The van der Waals surface area contributed by atoms with Crippen LogP contribution in [0.5, 0.6) is 5.75 Å². The third-order valence-electron chi connectivity index (χ3n) is 4.48. The fraction of sp³-hybridized carbons (Fsp3) is 0.421. The van der Waals surface area contributed by atoms with Crippen molar-refractivity contribution in [3.8, 4) is 5.75 Å². The number of rotatable bonds is 6. The Morgan fingerprint density at radius 1 is 1.26 bits per heavy atom. The number of amides is 1. The molecule has 1 saturated heterocycles. The highest BCUT2D eigenvalue weighted by molar-refractivity contribution is 9.10. The maximum atomic E-state index is 12.8. The Balaban J connectivity index is 1.73. The molecular formula is C19H22BrNO5S. The number of halogens is 1. The number of carbonyl (C=O) groups excluding carboxylic acids is 1. The fourth-order valence-corrected chi connectivity index (χ4v) is 5.36. The third-order valence-corrected chi connectivity index (χ3v) is 6.66. The van der Waals surface area contributed by atoms with Gasteiger partial charge < -0.3 is 14.1 Å². The maximum Gasteiger partial charge on any atom is 0.261 e. The molecule has 1 aliphatic rings. The Kier molecular flexibility index (Phi) is 5.95. The van der Waals surface area contributed by atoms with Gasteiger partial charge >= 0.3 is 0 Å². The molecule has 1 fully saturated rings. The first kappa shape index (κ1) is 19.9. The molecule has 3 rings (SSSR count). The van der Waals surface area contributed by atoms with Crippen molar-refractivity contribution >= 4 is 31.7 Å². The molecule has 1 aliphatic heterocycles. The summed E-state index contributed by atoms with van der Waals surface area (Å²) >= 11 is 3.24. The minimum atomic E-state index is -3.11. The molecule has 8 heteroatoms. The van der Waals surface area contributed by atoms with Crippen molar-refractivity contribution < 1.29 is 22.4 Å². The summed E-state index contributed by atoms with van der Waals surface area (Å²) in [6.07, 6.45) is 0.430. The summed E-state index contributed by atoms with van der Waals surface area (Å²) in [4.78, 5) is 14.4. The summed E-state index contributed by atoms with van der Waals surface area (Å²) in [7, 11) is -3.11. The van der Waals surface area contributed by atoms with Crippen LogP contribution in [0.25, 0.3) is 0 Å². The smallest absolute Gasteiger partial charge is 0.261 e. The summed E-state index contributed by atoms with van der Waals surface area (Å²) in [6.45, 7) is 3.99. The van der Waals surface area contributed by atoms with Gasteiger partial charge in [0.1, 0.15) is 11.5 Å². The van der Waals surface area contributed by atoms with Crippen LogP contribution in [0.2, 0.25) is 0 Å². The van der Waals surface area contributed by atoms with Crippen molar-refractivity contribution in [3.63, 3.8) is 0 Å². The van der Waals surface area contributed by atoms with Crippen LogP contribution in [0.4, 0.5) is 0 Å². The number of nitrogens with zero attached hydrogens (tertiary/aromatic N) is 1. The van der Waals surface area contributed by atoms with E-state index in [2.05, 4.69) is 15.9 Å². The van der Waals surface area contributed by atoms with Crippen molar-refractivity contribution in [2.75, 3.05) is 18.1 Å². The Morgan fingerprint density at radius 3 is 2.52 bits per heavy atom. The lowest BCUT2D eigenvalue weighted by molar-refractivity contribution is -0.136. The van der Waals surface area contributed by atoms with Gasteiger partial charge in [-0.1, -0.05) is 6.07 Å². The molecule has 1 atom stereocenters. The first-order valence-corrected chi connectivity index (χ1v) is 11.3. The molecule has 0 bridgehead atoms. The Hall–Kier alpha value is -1.80. The van der Waals surface area contributed by atoms with Gasteiger partial charge in [0, 0.05) is 6.04 Å². The number of ether oxygens (including phenoxy) is 1. The average molecular weight is 456 g/mol. The molecule has 1 aromatic carbocycles. The van der Waals surface area contributed by atoms with E-state index in [9.17, 15) is 13.2 Å². The zero-order valence-electron chi connectivity index (χ0n) is 15.3. The lowest BCUT2D eigenvalue weighted by atomic mass is 10.1. The molecule has 0 saturated carbocycles. The fourth-order valence-electron chi connectivity index (χ4n) is 3.29. The summed E-state index contributed by atoms with van der Waals surface area (Å²) in [5.41, 5.74) is 2.10. The van der Waals surface area contributed by atoms with Crippen LogP contribution >= 0.6 is 15.9 Å². The number of furan rings is 1. The quantitative estimate of drug-likeness (QED) is 0.667.